The molecule has 0 aliphatic heterocycles. The number of aryl methyl sites for hydroxylation is 2. The van der Waals surface area contributed by atoms with Gasteiger partial charge in [-0.1, -0.05) is 27.7 Å². The molecule has 0 fully saturated rings. The van der Waals surface area contributed by atoms with E-state index in [1.54, 1.807) is 24.3 Å². The van der Waals surface area contributed by atoms with E-state index in [0.29, 0.717) is 34.7 Å². The summed E-state index contributed by atoms with van der Waals surface area (Å²) in [6.07, 6.45) is 4.11. The number of benzene rings is 2. The topological polar surface area (TPSA) is 172 Å². The summed E-state index contributed by atoms with van der Waals surface area (Å²) in [4.78, 5) is 40.7. The Balaban J connectivity index is 0.000000319. The number of rotatable bonds is 13. The second-order valence-electron chi connectivity index (χ2n) is 10.5. The van der Waals surface area contributed by atoms with Crippen LogP contribution in [-0.4, -0.2) is 50.6 Å². The number of methoxy groups -OCH3 is 1. The van der Waals surface area contributed by atoms with Gasteiger partial charge in [0.1, 0.15) is 0 Å². The molecule has 1 heterocycles. The number of nitrogens with two attached hydrogens (primary N) is 1. The normalized spacial score (nSPS) is 12.7. The molecule has 4 N–H and O–H groups in total. The largest absolute Gasteiger partial charge is 0.465 e. The summed E-state index contributed by atoms with van der Waals surface area (Å²) in [5.74, 6) is -0.413. The van der Waals surface area contributed by atoms with Crippen LogP contribution in [0.1, 0.15) is 98.2 Å². The molecule has 2 atom stereocenters. The van der Waals surface area contributed by atoms with Gasteiger partial charge in [-0.15, -0.1) is 0 Å². The first-order valence-electron chi connectivity index (χ1n) is 14.7. The average Bonchev–Trinajstić information content (AvgIpc) is 2.96. The maximum Gasteiger partial charge on any atom is 0.348 e. The SMILES string of the molecule is CCCOC(CC)c1cc(C(=O)OC)c(N)cc1C.CCCOC(CC)c1cc2c(=O)n(NS(C)(=O)=O)c(=O)[nH]c2cc1C. The van der Waals surface area contributed by atoms with Gasteiger partial charge in [0, 0.05) is 18.9 Å². The predicted octanol–water partition coefficient (Wildman–Crippen LogP) is 4.62. The van der Waals surface area contributed by atoms with Gasteiger partial charge in [0.05, 0.1) is 42.0 Å². The summed E-state index contributed by atoms with van der Waals surface area (Å²) in [7, 11) is -2.42. The maximum absolute atomic E-state index is 12.6. The van der Waals surface area contributed by atoms with Gasteiger partial charge >= 0.3 is 11.7 Å². The number of carbonyl (C=O) groups is 1. The van der Waals surface area contributed by atoms with Crippen molar-refractivity contribution in [2.75, 3.05) is 37.1 Å². The number of hydrogen-bond donors (Lipinski definition) is 3. The molecule has 3 aromatic rings. The number of ether oxygens (including phenoxy) is 3. The molecule has 12 nitrogen and oxygen atoms in total. The molecule has 0 bridgehead atoms. The molecule has 0 spiro atoms. The molecular formula is C31H46N4O8S. The number of nitrogens with one attached hydrogen (secondary N) is 2. The zero-order valence-electron chi connectivity index (χ0n) is 26.9. The number of carbonyl (C=O) groups excluding carboxylic acids is 1. The van der Waals surface area contributed by atoms with Crippen molar-refractivity contribution >= 4 is 32.6 Å². The standard InChI is InChI=1S/C16H23N3O5S.C15H23NO3/c1-5-7-24-14(6-2)11-9-12-13(8-10(11)3)17-16(21)19(15(12)20)18-25(4,22)23;1-5-7-19-14(6-2)11-9-12(15(17)18-4)13(16)8-10(11)3/h8-9,14,18H,5-7H2,1-4H3,(H,17,21);8-9,14H,5-7,16H2,1-4H3. The highest BCUT2D eigenvalue weighted by molar-refractivity contribution is 7.91. The van der Waals surface area contributed by atoms with Gasteiger partial charge in [-0.2, -0.15) is 4.68 Å². The smallest absolute Gasteiger partial charge is 0.348 e. The summed E-state index contributed by atoms with van der Waals surface area (Å²) in [6, 6.07) is 6.96. The monoisotopic (exact) mass is 634 g/mol. The van der Waals surface area contributed by atoms with Crippen LogP contribution in [0.5, 0.6) is 0 Å². The highest BCUT2D eigenvalue weighted by Gasteiger charge is 2.19. The minimum Gasteiger partial charge on any atom is -0.465 e. The molecule has 2 unspecified atom stereocenters. The van der Waals surface area contributed by atoms with E-state index in [2.05, 4.69) is 18.8 Å². The first kappa shape index (κ1) is 36.5. The number of aromatic nitrogens is 2. The van der Waals surface area contributed by atoms with Crippen molar-refractivity contribution in [2.45, 2.75) is 79.4 Å². The van der Waals surface area contributed by atoms with E-state index >= 15 is 0 Å². The lowest BCUT2D eigenvalue weighted by molar-refractivity contribution is 0.0497. The van der Waals surface area contributed by atoms with Crippen molar-refractivity contribution in [2.24, 2.45) is 0 Å². The van der Waals surface area contributed by atoms with Gasteiger partial charge in [0.25, 0.3) is 5.56 Å². The van der Waals surface area contributed by atoms with E-state index in [1.165, 1.54) is 7.11 Å². The number of H-pyrrole nitrogens is 1. The van der Waals surface area contributed by atoms with Crippen LogP contribution in [0.25, 0.3) is 10.9 Å². The van der Waals surface area contributed by atoms with E-state index in [1.807, 2.05) is 32.5 Å². The van der Waals surface area contributed by atoms with Crippen LogP contribution in [-0.2, 0) is 24.2 Å². The van der Waals surface area contributed by atoms with Crippen molar-refractivity contribution in [3.63, 3.8) is 0 Å². The van der Waals surface area contributed by atoms with Crippen LogP contribution in [0.2, 0.25) is 0 Å². The van der Waals surface area contributed by atoms with Gasteiger partial charge in [0.15, 0.2) is 0 Å². The molecule has 0 amide bonds. The Bertz CT molecular complexity index is 1660. The second kappa shape index (κ2) is 16.4. The third-order valence-corrected chi connectivity index (χ3v) is 7.38. The second-order valence-corrected chi connectivity index (χ2v) is 12.2. The van der Waals surface area contributed by atoms with Crippen molar-refractivity contribution < 1.29 is 27.4 Å². The first-order valence-corrected chi connectivity index (χ1v) is 16.6. The molecule has 0 aliphatic rings. The Morgan fingerprint density at radius 2 is 1.45 bits per heavy atom. The van der Waals surface area contributed by atoms with Crippen LogP contribution in [0, 0.1) is 13.8 Å². The molecular weight excluding hydrogens is 588 g/mol. The number of sulfonamides is 1. The Hall–Kier alpha value is -3.68. The van der Waals surface area contributed by atoms with E-state index in [4.69, 9.17) is 19.9 Å². The van der Waals surface area contributed by atoms with Gasteiger partial charge in [0.2, 0.25) is 10.0 Å². The lowest BCUT2D eigenvalue weighted by atomic mass is 9.97. The Morgan fingerprint density at radius 1 is 0.932 bits per heavy atom. The number of nitrogens with zero attached hydrogens (tertiary/aromatic N) is 1. The molecule has 244 valence electrons. The number of hydrogen-bond acceptors (Lipinski definition) is 9. The van der Waals surface area contributed by atoms with Gasteiger partial charge < -0.3 is 24.9 Å². The highest BCUT2D eigenvalue weighted by Crippen LogP contribution is 2.29. The number of nitrogen functional groups attached to an aromatic ring is 1. The van der Waals surface area contributed by atoms with Crippen molar-refractivity contribution in [3.8, 4) is 0 Å². The highest BCUT2D eigenvalue weighted by atomic mass is 32.2. The molecule has 13 heteroatoms. The third-order valence-electron chi connectivity index (χ3n) is 6.87. The zero-order valence-corrected chi connectivity index (χ0v) is 27.7. The van der Waals surface area contributed by atoms with Crippen LogP contribution < -0.4 is 21.8 Å². The van der Waals surface area contributed by atoms with Gasteiger partial charge in [-0.05, 0) is 86.1 Å². The molecule has 44 heavy (non-hydrogen) atoms. The lowest BCUT2D eigenvalue weighted by Gasteiger charge is -2.20. The van der Waals surface area contributed by atoms with Crippen molar-refractivity contribution in [3.05, 3.63) is 72.9 Å². The lowest BCUT2D eigenvalue weighted by Crippen LogP contribution is -2.43. The quantitative estimate of drug-likeness (QED) is 0.179. The molecule has 0 radical (unpaired) electrons. The molecule has 0 aliphatic carbocycles. The Morgan fingerprint density at radius 3 is 1.93 bits per heavy atom. The summed E-state index contributed by atoms with van der Waals surface area (Å²) in [5.41, 5.74) is 9.27. The summed E-state index contributed by atoms with van der Waals surface area (Å²) in [5, 5.41) is 0.217. The van der Waals surface area contributed by atoms with Gasteiger partial charge in [-0.3, -0.25) is 4.79 Å². The maximum atomic E-state index is 12.6. The fourth-order valence-corrected chi connectivity index (χ4v) is 5.24. The number of aromatic amines is 1. The predicted molar refractivity (Wildman–Crippen MR) is 173 cm³/mol. The minimum atomic E-state index is -3.77. The average molecular weight is 635 g/mol. The molecule has 0 saturated carbocycles. The van der Waals surface area contributed by atoms with Crippen molar-refractivity contribution in [1.29, 1.82) is 0 Å². The molecule has 2 aromatic carbocycles. The van der Waals surface area contributed by atoms with Crippen LogP contribution in [0.15, 0.2) is 33.9 Å². The third kappa shape index (κ3) is 9.41. The molecule has 0 saturated heterocycles. The fraction of sp³-hybridized carbons (Fsp3) is 0.516. The Labute approximate surface area is 258 Å². The van der Waals surface area contributed by atoms with E-state index in [9.17, 15) is 22.8 Å². The zero-order chi connectivity index (χ0) is 33.2. The van der Waals surface area contributed by atoms with Crippen molar-refractivity contribution in [1.82, 2.24) is 9.66 Å². The number of esters is 1. The summed E-state index contributed by atoms with van der Waals surface area (Å²) in [6.45, 7) is 13.3. The molecule has 3 rings (SSSR count). The number of anilines is 1. The van der Waals surface area contributed by atoms with Crippen LogP contribution >= 0.6 is 0 Å². The Kier molecular flexibility index (Phi) is 13.6. The summed E-state index contributed by atoms with van der Waals surface area (Å²) >= 11 is 0. The summed E-state index contributed by atoms with van der Waals surface area (Å²) < 4.78 is 39.7. The van der Waals surface area contributed by atoms with Gasteiger partial charge in [-0.25, -0.2) is 22.8 Å². The first-order chi connectivity index (χ1) is 20.7. The minimum absolute atomic E-state index is 0.0102. The fourth-order valence-electron chi connectivity index (χ4n) is 4.74. The van der Waals surface area contributed by atoms with E-state index in [0.717, 1.165) is 54.2 Å². The number of fused-ring (bicyclic) bond motifs is 1. The molecule has 1 aromatic heterocycles. The van der Waals surface area contributed by atoms with Crippen LogP contribution in [0.3, 0.4) is 0 Å². The van der Waals surface area contributed by atoms with E-state index in [-0.39, 0.29) is 17.6 Å². The van der Waals surface area contributed by atoms with Crippen LogP contribution in [0.4, 0.5) is 5.69 Å². The van der Waals surface area contributed by atoms with E-state index < -0.39 is 27.2 Å².